The van der Waals surface area contributed by atoms with Gasteiger partial charge in [-0.2, -0.15) is 0 Å². The molecule has 1 saturated heterocycles. The van der Waals surface area contributed by atoms with Crippen molar-refractivity contribution in [2.24, 2.45) is 5.73 Å². The Morgan fingerprint density at radius 3 is 2.59 bits per heavy atom. The second-order valence-corrected chi connectivity index (χ2v) is 5.75. The average molecular weight is 244 g/mol. The monoisotopic (exact) mass is 244 g/mol. The van der Waals surface area contributed by atoms with E-state index in [0.717, 1.165) is 6.42 Å². The summed E-state index contributed by atoms with van der Waals surface area (Å²) in [7, 11) is 0. The molecular weight excluding hydrogens is 220 g/mol. The number of nitrogens with two attached hydrogens (primary N) is 1. The summed E-state index contributed by atoms with van der Waals surface area (Å²) in [6.07, 6.45) is 1.61. The summed E-state index contributed by atoms with van der Waals surface area (Å²) in [5, 5.41) is 10.1. The summed E-state index contributed by atoms with van der Waals surface area (Å²) < 4.78 is 5.31. The SMILES string of the molecule is CC(C)(C)OC(=O)N1CCC[C@@](O)(CN)CC1. The second-order valence-electron chi connectivity index (χ2n) is 5.75. The first-order valence-electron chi connectivity index (χ1n) is 6.16. The Bertz CT molecular complexity index is 275. The Morgan fingerprint density at radius 2 is 2.06 bits per heavy atom. The van der Waals surface area contributed by atoms with Gasteiger partial charge in [0.25, 0.3) is 0 Å². The van der Waals surface area contributed by atoms with E-state index in [-0.39, 0.29) is 12.6 Å². The molecule has 0 unspecified atom stereocenters. The number of ether oxygens (including phenoxy) is 1. The molecule has 0 bridgehead atoms. The zero-order chi connectivity index (χ0) is 13.1. The molecule has 1 fully saturated rings. The predicted molar refractivity (Wildman–Crippen MR) is 65.7 cm³/mol. The maximum absolute atomic E-state index is 11.9. The fourth-order valence-electron chi connectivity index (χ4n) is 1.89. The minimum atomic E-state index is -0.823. The number of hydrogen-bond acceptors (Lipinski definition) is 4. The molecule has 5 nitrogen and oxygen atoms in total. The van der Waals surface area contributed by atoms with Crippen molar-refractivity contribution in [2.45, 2.75) is 51.2 Å². The molecule has 0 spiro atoms. The van der Waals surface area contributed by atoms with Crippen LogP contribution in [0.15, 0.2) is 0 Å². The predicted octanol–water partition coefficient (Wildman–Crippen LogP) is 1.10. The van der Waals surface area contributed by atoms with Crippen LogP contribution < -0.4 is 5.73 Å². The highest BCUT2D eigenvalue weighted by molar-refractivity contribution is 5.68. The number of carbonyl (C=O) groups excluding carboxylic acids is 1. The number of hydrogen-bond donors (Lipinski definition) is 2. The lowest BCUT2D eigenvalue weighted by Gasteiger charge is -2.27. The number of likely N-dealkylation sites (tertiary alicyclic amines) is 1. The summed E-state index contributed by atoms with van der Waals surface area (Å²) in [5.41, 5.74) is 4.24. The lowest BCUT2D eigenvalue weighted by atomic mass is 9.95. The molecule has 0 aliphatic carbocycles. The van der Waals surface area contributed by atoms with Crippen molar-refractivity contribution in [3.63, 3.8) is 0 Å². The number of rotatable bonds is 1. The van der Waals surface area contributed by atoms with Crippen LogP contribution in [-0.2, 0) is 4.74 Å². The van der Waals surface area contributed by atoms with E-state index >= 15 is 0 Å². The van der Waals surface area contributed by atoms with E-state index in [1.54, 1.807) is 4.90 Å². The van der Waals surface area contributed by atoms with Crippen LogP contribution in [0.2, 0.25) is 0 Å². The number of amides is 1. The Balaban J connectivity index is 2.54. The zero-order valence-electron chi connectivity index (χ0n) is 11.0. The van der Waals surface area contributed by atoms with Crippen LogP contribution in [0.4, 0.5) is 4.79 Å². The van der Waals surface area contributed by atoms with Crippen molar-refractivity contribution in [3.05, 3.63) is 0 Å². The van der Waals surface area contributed by atoms with Gasteiger partial charge < -0.3 is 20.5 Å². The van der Waals surface area contributed by atoms with Gasteiger partial charge in [0, 0.05) is 19.6 Å². The van der Waals surface area contributed by atoms with Crippen molar-refractivity contribution < 1.29 is 14.6 Å². The van der Waals surface area contributed by atoms with Crippen LogP contribution in [0.3, 0.4) is 0 Å². The molecule has 1 atom stereocenters. The molecule has 0 aromatic heterocycles. The molecule has 5 heteroatoms. The highest BCUT2D eigenvalue weighted by Gasteiger charge is 2.31. The highest BCUT2D eigenvalue weighted by Crippen LogP contribution is 2.22. The minimum absolute atomic E-state index is 0.245. The first kappa shape index (κ1) is 14.3. The number of nitrogens with zero attached hydrogens (tertiary/aromatic N) is 1. The molecule has 1 heterocycles. The van der Waals surface area contributed by atoms with Crippen molar-refractivity contribution in [3.8, 4) is 0 Å². The van der Waals surface area contributed by atoms with Gasteiger partial charge in [0.1, 0.15) is 5.60 Å². The maximum Gasteiger partial charge on any atom is 0.410 e. The van der Waals surface area contributed by atoms with E-state index < -0.39 is 11.2 Å². The van der Waals surface area contributed by atoms with Gasteiger partial charge >= 0.3 is 6.09 Å². The Morgan fingerprint density at radius 1 is 1.41 bits per heavy atom. The van der Waals surface area contributed by atoms with Gasteiger partial charge in [-0.15, -0.1) is 0 Å². The third-order valence-corrected chi connectivity index (χ3v) is 2.95. The molecule has 0 aromatic rings. The normalized spacial score (nSPS) is 26.5. The fourth-order valence-corrected chi connectivity index (χ4v) is 1.89. The largest absolute Gasteiger partial charge is 0.444 e. The average Bonchev–Trinajstić information content (AvgIpc) is 2.39. The third-order valence-electron chi connectivity index (χ3n) is 2.95. The smallest absolute Gasteiger partial charge is 0.410 e. The molecular formula is C12H24N2O3. The summed E-state index contributed by atoms with van der Waals surface area (Å²) in [5.74, 6) is 0. The van der Waals surface area contributed by atoms with Crippen LogP contribution in [0.1, 0.15) is 40.0 Å². The van der Waals surface area contributed by atoms with E-state index in [9.17, 15) is 9.90 Å². The van der Waals surface area contributed by atoms with Crippen molar-refractivity contribution >= 4 is 6.09 Å². The first-order chi connectivity index (χ1) is 7.76. The minimum Gasteiger partial charge on any atom is -0.444 e. The topological polar surface area (TPSA) is 75.8 Å². The number of carbonyl (C=O) groups is 1. The van der Waals surface area contributed by atoms with E-state index in [2.05, 4.69) is 0 Å². The molecule has 3 N–H and O–H groups in total. The third kappa shape index (κ3) is 4.52. The van der Waals surface area contributed by atoms with Crippen LogP contribution in [-0.4, -0.2) is 46.9 Å². The van der Waals surface area contributed by atoms with Gasteiger partial charge in [-0.05, 0) is 40.0 Å². The summed E-state index contributed by atoms with van der Waals surface area (Å²) in [6, 6.07) is 0. The van der Waals surface area contributed by atoms with Gasteiger partial charge in [-0.3, -0.25) is 0 Å². The standard InChI is InChI=1S/C12H24N2O3/c1-11(2,3)17-10(15)14-7-4-5-12(16,9-13)6-8-14/h16H,4-9,13H2,1-3H3/t12-/m0/s1. The van der Waals surface area contributed by atoms with Crippen LogP contribution in [0.25, 0.3) is 0 Å². The van der Waals surface area contributed by atoms with Crippen molar-refractivity contribution in [1.29, 1.82) is 0 Å². The van der Waals surface area contributed by atoms with Gasteiger partial charge in [0.05, 0.1) is 5.60 Å². The molecule has 100 valence electrons. The van der Waals surface area contributed by atoms with Crippen molar-refractivity contribution in [2.75, 3.05) is 19.6 Å². The molecule has 1 aliphatic heterocycles. The molecule has 0 radical (unpaired) electrons. The van der Waals surface area contributed by atoms with E-state index in [1.165, 1.54) is 0 Å². The molecule has 1 rings (SSSR count). The zero-order valence-corrected chi connectivity index (χ0v) is 11.0. The molecule has 1 aliphatic rings. The van der Waals surface area contributed by atoms with E-state index in [4.69, 9.17) is 10.5 Å². The summed E-state index contributed by atoms with van der Waals surface area (Å²) >= 11 is 0. The van der Waals surface area contributed by atoms with Gasteiger partial charge in [0.15, 0.2) is 0 Å². The number of aliphatic hydroxyl groups is 1. The first-order valence-corrected chi connectivity index (χ1v) is 6.16. The van der Waals surface area contributed by atoms with Gasteiger partial charge in [0.2, 0.25) is 0 Å². The van der Waals surface area contributed by atoms with Gasteiger partial charge in [-0.25, -0.2) is 4.79 Å². The van der Waals surface area contributed by atoms with E-state index in [1.807, 2.05) is 20.8 Å². The summed E-state index contributed by atoms with van der Waals surface area (Å²) in [4.78, 5) is 13.5. The van der Waals surface area contributed by atoms with Crippen LogP contribution in [0.5, 0.6) is 0 Å². The Hall–Kier alpha value is -0.810. The van der Waals surface area contributed by atoms with Crippen molar-refractivity contribution in [1.82, 2.24) is 4.90 Å². The Kier molecular flexibility index (Phi) is 4.38. The van der Waals surface area contributed by atoms with Gasteiger partial charge in [-0.1, -0.05) is 0 Å². The van der Waals surface area contributed by atoms with E-state index in [0.29, 0.717) is 25.9 Å². The maximum atomic E-state index is 11.9. The molecule has 17 heavy (non-hydrogen) atoms. The fraction of sp³-hybridized carbons (Fsp3) is 0.917. The van der Waals surface area contributed by atoms with Crippen LogP contribution in [0, 0.1) is 0 Å². The molecule has 0 aromatic carbocycles. The molecule has 1 amide bonds. The van der Waals surface area contributed by atoms with Crippen LogP contribution >= 0.6 is 0 Å². The summed E-state index contributed by atoms with van der Waals surface area (Å²) in [6.45, 7) is 6.91. The Labute approximate surface area is 103 Å². The quantitative estimate of drug-likeness (QED) is 0.724. The highest BCUT2D eigenvalue weighted by atomic mass is 16.6. The lowest BCUT2D eigenvalue weighted by Crippen LogP contribution is -2.40. The second kappa shape index (κ2) is 5.23. The lowest BCUT2D eigenvalue weighted by molar-refractivity contribution is 0.0186. The molecule has 0 saturated carbocycles.